The second kappa shape index (κ2) is 6.80. The summed E-state index contributed by atoms with van der Waals surface area (Å²) >= 11 is 0. The Kier molecular flexibility index (Phi) is 4.79. The van der Waals surface area contributed by atoms with Crippen LogP contribution in [0.15, 0.2) is 24.3 Å². The molecule has 0 aromatic heterocycles. The van der Waals surface area contributed by atoms with Crippen LogP contribution >= 0.6 is 0 Å². The number of aliphatic hydroxyl groups is 1. The van der Waals surface area contributed by atoms with Gasteiger partial charge in [-0.05, 0) is 24.0 Å². The highest BCUT2D eigenvalue weighted by Crippen LogP contribution is 2.36. The molecule has 2 aliphatic rings. The molecular formula is C18H25NO3. The van der Waals surface area contributed by atoms with Crippen LogP contribution < -0.4 is 0 Å². The maximum Gasteiger partial charge on any atom is 0.336 e. The van der Waals surface area contributed by atoms with Gasteiger partial charge in [-0.3, -0.25) is 4.90 Å². The smallest absolute Gasteiger partial charge is 0.336 e. The van der Waals surface area contributed by atoms with Crippen molar-refractivity contribution in [2.75, 3.05) is 13.1 Å². The second-order valence-corrected chi connectivity index (χ2v) is 6.76. The van der Waals surface area contributed by atoms with Gasteiger partial charge in [-0.15, -0.1) is 0 Å². The van der Waals surface area contributed by atoms with E-state index < -0.39 is 5.97 Å². The zero-order chi connectivity index (χ0) is 15.5. The van der Waals surface area contributed by atoms with E-state index in [4.69, 9.17) is 0 Å². The van der Waals surface area contributed by atoms with Gasteiger partial charge in [0.25, 0.3) is 0 Å². The molecule has 2 N–H and O–H groups in total. The highest BCUT2D eigenvalue weighted by atomic mass is 16.4. The third kappa shape index (κ3) is 3.33. The SMILES string of the molecule is O=C(O)c1ccccc1CN1CC[C@@H](O)[C@H](C2CCCC2)C1. The molecule has 1 heterocycles. The van der Waals surface area contributed by atoms with Crippen LogP contribution in [0.2, 0.25) is 0 Å². The number of hydrogen-bond donors (Lipinski definition) is 2. The normalized spacial score (nSPS) is 27.1. The Labute approximate surface area is 131 Å². The molecule has 1 aromatic rings. The molecular weight excluding hydrogens is 278 g/mol. The molecule has 0 radical (unpaired) electrons. The Bertz CT molecular complexity index is 525. The summed E-state index contributed by atoms with van der Waals surface area (Å²) in [6.45, 7) is 2.40. The largest absolute Gasteiger partial charge is 0.478 e. The lowest BCUT2D eigenvalue weighted by Crippen LogP contribution is -2.45. The van der Waals surface area contributed by atoms with Gasteiger partial charge >= 0.3 is 5.97 Å². The van der Waals surface area contributed by atoms with Crippen LogP contribution in [0.4, 0.5) is 0 Å². The molecule has 3 rings (SSSR count). The summed E-state index contributed by atoms with van der Waals surface area (Å²) in [4.78, 5) is 13.6. The Balaban J connectivity index is 1.69. The first kappa shape index (κ1) is 15.5. The number of carboxylic acids is 1. The highest BCUT2D eigenvalue weighted by molar-refractivity contribution is 5.89. The standard InChI is InChI=1S/C18H25NO3/c20-17-9-10-19(12-16(17)13-5-1-2-6-13)11-14-7-3-4-8-15(14)18(21)22/h3-4,7-8,13,16-17,20H,1-2,5-6,9-12H2,(H,21,22)/t16-,17+/m0/s1. The lowest BCUT2D eigenvalue weighted by Gasteiger charge is -2.39. The molecule has 2 atom stereocenters. The average molecular weight is 303 g/mol. The van der Waals surface area contributed by atoms with E-state index in [1.807, 2.05) is 12.1 Å². The number of aliphatic hydroxyl groups excluding tert-OH is 1. The minimum absolute atomic E-state index is 0.186. The van der Waals surface area contributed by atoms with Gasteiger partial charge in [0.1, 0.15) is 0 Å². The first-order chi connectivity index (χ1) is 10.6. The van der Waals surface area contributed by atoms with E-state index in [1.165, 1.54) is 25.7 Å². The van der Waals surface area contributed by atoms with Gasteiger partial charge in [0.2, 0.25) is 0 Å². The van der Waals surface area contributed by atoms with E-state index >= 15 is 0 Å². The maximum absolute atomic E-state index is 11.3. The van der Waals surface area contributed by atoms with Crippen LogP contribution in [-0.4, -0.2) is 40.3 Å². The minimum atomic E-state index is -0.861. The van der Waals surface area contributed by atoms with Gasteiger partial charge in [0.15, 0.2) is 0 Å². The summed E-state index contributed by atoms with van der Waals surface area (Å²) in [6, 6.07) is 7.24. The molecule has 1 aliphatic heterocycles. The number of nitrogens with zero attached hydrogens (tertiary/aromatic N) is 1. The summed E-state index contributed by atoms with van der Waals surface area (Å²) in [7, 11) is 0. The molecule has 0 amide bonds. The second-order valence-electron chi connectivity index (χ2n) is 6.76. The van der Waals surface area contributed by atoms with Crippen molar-refractivity contribution >= 4 is 5.97 Å². The van der Waals surface area contributed by atoms with E-state index in [2.05, 4.69) is 4.90 Å². The van der Waals surface area contributed by atoms with Gasteiger partial charge < -0.3 is 10.2 Å². The first-order valence-electron chi connectivity index (χ1n) is 8.37. The van der Waals surface area contributed by atoms with E-state index in [0.29, 0.717) is 23.9 Å². The van der Waals surface area contributed by atoms with Crippen LogP contribution in [0.1, 0.15) is 48.0 Å². The number of rotatable bonds is 4. The Morgan fingerprint density at radius 3 is 2.64 bits per heavy atom. The van der Waals surface area contributed by atoms with Crippen LogP contribution in [-0.2, 0) is 6.54 Å². The number of piperidine rings is 1. The molecule has 1 aliphatic carbocycles. The zero-order valence-electron chi connectivity index (χ0n) is 12.9. The summed E-state index contributed by atoms with van der Waals surface area (Å²) < 4.78 is 0. The molecule has 0 unspecified atom stereocenters. The fourth-order valence-corrected chi connectivity index (χ4v) is 4.14. The Morgan fingerprint density at radius 2 is 1.91 bits per heavy atom. The van der Waals surface area contributed by atoms with E-state index in [-0.39, 0.29) is 6.10 Å². The number of likely N-dealkylation sites (tertiary alicyclic amines) is 1. The lowest BCUT2D eigenvalue weighted by atomic mass is 9.82. The molecule has 4 heteroatoms. The monoisotopic (exact) mass is 303 g/mol. The van der Waals surface area contributed by atoms with E-state index in [1.54, 1.807) is 12.1 Å². The van der Waals surface area contributed by atoms with Crippen molar-refractivity contribution in [2.45, 2.75) is 44.8 Å². The van der Waals surface area contributed by atoms with Crippen molar-refractivity contribution in [1.82, 2.24) is 4.90 Å². The van der Waals surface area contributed by atoms with Crippen LogP contribution in [0.3, 0.4) is 0 Å². The fraction of sp³-hybridized carbons (Fsp3) is 0.611. The molecule has 4 nitrogen and oxygen atoms in total. The van der Waals surface area contributed by atoms with Gasteiger partial charge in [0.05, 0.1) is 11.7 Å². The van der Waals surface area contributed by atoms with Gasteiger partial charge in [0, 0.05) is 25.6 Å². The molecule has 1 aromatic carbocycles. The lowest BCUT2D eigenvalue weighted by molar-refractivity contribution is -0.00284. The first-order valence-corrected chi connectivity index (χ1v) is 8.37. The Morgan fingerprint density at radius 1 is 1.18 bits per heavy atom. The van der Waals surface area contributed by atoms with Gasteiger partial charge in [-0.1, -0.05) is 43.9 Å². The number of hydrogen-bond acceptors (Lipinski definition) is 3. The molecule has 1 saturated carbocycles. The minimum Gasteiger partial charge on any atom is -0.478 e. The summed E-state index contributed by atoms with van der Waals surface area (Å²) in [6.07, 6.45) is 5.67. The quantitative estimate of drug-likeness (QED) is 0.898. The third-order valence-electron chi connectivity index (χ3n) is 5.35. The summed E-state index contributed by atoms with van der Waals surface area (Å²) in [5.74, 6) is 0.140. The Hall–Kier alpha value is -1.39. The van der Waals surface area contributed by atoms with Crippen molar-refractivity contribution in [1.29, 1.82) is 0 Å². The number of aromatic carboxylic acids is 1. The maximum atomic E-state index is 11.3. The van der Waals surface area contributed by atoms with Crippen LogP contribution in [0.5, 0.6) is 0 Å². The predicted octanol–water partition coefficient (Wildman–Crippen LogP) is 2.76. The molecule has 1 saturated heterocycles. The highest BCUT2D eigenvalue weighted by Gasteiger charge is 2.35. The molecule has 120 valence electrons. The number of carbonyl (C=O) groups is 1. The third-order valence-corrected chi connectivity index (χ3v) is 5.35. The fourth-order valence-electron chi connectivity index (χ4n) is 4.14. The van der Waals surface area contributed by atoms with Crippen molar-refractivity contribution in [2.24, 2.45) is 11.8 Å². The number of carboxylic acid groups (broad SMARTS) is 1. The number of benzene rings is 1. The average Bonchev–Trinajstić information content (AvgIpc) is 3.03. The van der Waals surface area contributed by atoms with Gasteiger partial charge in [-0.2, -0.15) is 0 Å². The predicted molar refractivity (Wildman–Crippen MR) is 84.8 cm³/mol. The van der Waals surface area contributed by atoms with Gasteiger partial charge in [-0.25, -0.2) is 4.79 Å². The van der Waals surface area contributed by atoms with Crippen LogP contribution in [0.25, 0.3) is 0 Å². The van der Waals surface area contributed by atoms with E-state index in [0.717, 1.165) is 25.1 Å². The zero-order valence-corrected chi connectivity index (χ0v) is 12.9. The summed E-state index contributed by atoms with van der Waals surface area (Å²) in [5.41, 5.74) is 1.27. The van der Waals surface area contributed by atoms with Crippen molar-refractivity contribution in [3.63, 3.8) is 0 Å². The van der Waals surface area contributed by atoms with Crippen molar-refractivity contribution in [3.8, 4) is 0 Å². The molecule has 0 bridgehead atoms. The summed E-state index contributed by atoms with van der Waals surface area (Å²) in [5, 5.41) is 19.6. The van der Waals surface area contributed by atoms with Crippen LogP contribution in [0, 0.1) is 11.8 Å². The van der Waals surface area contributed by atoms with Crippen molar-refractivity contribution in [3.05, 3.63) is 35.4 Å². The topological polar surface area (TPSA) is 60.8 Å². The van der Waals surface area contributed by atoms with E-state index in [9.17, 15) is 15.0 Å². The van der Waals surface area contributed by atoms with Crippen molar-refractivity contribution < 1.29 is 15.0 Å². The molecule has 22 heavy (non-hydrogen) atoms. The molecule has 2 fully saturated rings. The molecule has 0 spiro atoms.